The fourth-order valence-corrected chi connectivity index (χ4v) is 5.44. The minimum absolute atomic E-state index is 0.0339. The predicted octanol–water partition coefficient (Wildman–Crippen LogP) is 0.996. The molecular weight excluding hydrogens is 607 g/mol. The molecule has 0 saturated heterocycles. The van der Waals surface area contributed by atoms with Crippen molar-refractivity contribution in [2.24, 2.45) is 5.73 Å². The van der Waals surface area contributed by atoms with Gasteiger partial charge in [-0.05, 0) is 67.8 Å². The number of hydrogen-bond donors (Lipinski definition) is 4. The zero-order valence-electron chi connectivity index (χ0n) is 9.67. The maximum Gasteiger partial charge on any atom is 0.337 e. The Kier molecular flexibility index (Phi) is 6.24. The van der Waals surface area contributed by atoms with Crippen molar-refractivity contribution in [2.75, 3.05) is 12.3 Å². The van der Waals surface area contributed by atoms with Gasteiger partial charge in [0.15, 0.2) is 0 Å². The number of hydrogen-bond acceptors (Lipinski definition) is 4. The number of halogens is 3. The molecule has 6 N–H and O–H groups in total. The minimum Gasteiger partial charge on any atom is -0.478 e. The van der Waals surface area contributed by atoms with E-state index >= 15 is 0 Å². The molecule has 0 aliphatic rings. The molecule has 0 aromatic heterocycles. The van der Waals surface area contributed by atoms with Crippen molar-refractivity contribution in [1.82, 2.24) is 5.32 Å². The van der Waals surface area contributed by atoms with Crippen LogP contribution in [0, 0.1) is 10.7 Å². The van der Waals surface area contributed by atoms with Crippen molar-refractivity contribution in [1.29, 1.82) is 0 Å². The topological polar surface area (TPSA) is 136 Å². The van der Waals surface area contributed by atoms with Gasteiger partial charge in [0, 0.05) is 3.57 Å². The maximum atomic E-state index is 12.0. The summed E-state index contributed by atoms with van der Waals surface area (Å²) in [7, 11) is 0. The molecule has 1 rings (SSSR count). The third-order valence-electron chi connectivity index (χ3n) is 2.22. The molecule has 1 aromatic rings. The molecule has 0 radical (unpaired) electrons. The molecule has 0 saturated carbocycles. The van der Waals surface area contributed by atoms with E-state index in [2.05, 4.69) is 5.32 Å². The van der Waals surface area contributed by atoms with Gasteiger partial charge in [-0.1, -0.05) is 0 Å². The van der Waals surface area contributed by atoms with Crippen molar-refractivity contribution in [2.45, 2.75) is 0 Å². The number of carbonyl (C=O) groups is 3. The minimum atomic E-state index is -1.18. The van der Waals surface area contributed by atoms with E-state index in [0.29, 0.717) is 7.14 Å². The van der Waals surface area contributed by atoms with Crippen LogP contribution < -0.4 is 16.8 Å². The highest BCUT2D eigenvalue weighted by Gasteiger charge is 2.26. The summed E-state index contributed by atoms with van der Waals surface area (Å²) in [5.74, 6) is -2.46. The monoisotopic (exact) mass is 615 g/mol. The number of nitrogens with two attached hydrogens (primary N) is 2. The van der Waals surface area contributed by atoms with Gasteiger partial charge in [0.05, 0.1) is 30.5 Å². The van der Waals surface area contributed by atoms with Crippen LogP contribution in [0.5, 0.6) is 0 Å². The van der Waals surface area contributed by atoms with Crippen LogP contribution in [0.2, 0.25) is 0 Å². The lowest BCUT2D eigenvalue weighted by molar-refractivity contribution is -0.117. The van der Waals surface area contributed by atoms with Crippen molar-refractivity contribution in [3.8, 4) is 0 Å². The van der Waals surface area contributed by atoms with Crippen molar-refractivity contribution < 1.29 is 19.5 Å². The number of primary amides is 1. The molecule has 20 heavy (non-hydrogen) atoms. The zero-order valence-corrected chi connectivity index (χ0v) is 16.1. The van der Waals surface area contributed by atoms with Gasteiger partial charge >= 0.3 is 5.97 Å². The molecule has 0 bridgehead atoms. The number of rotatable bonds is 4. The first-order chi connectivity index (χ1) is 9.18. The summed E-state index contributed by atoms with van der Waals surface area (Å²) in [6.07, 6.45) is 0. The van der Waals surface area contributed by atoms with Gasteiger partial charge in [-0.25, -0.2) is 4.79 Å². The Morgan fingerprint density at radius 1 is 1.05 bits per heavy atom. The van der Waals surface area contributed by atoms with Crippen LogP contribution in [0.3, 0.4) is 0 Å². The van der Waals surface area contributed by atoms with Crippen LogP contribution in [0.4, 0.5) is 5.69 Å². The summed E-state index contributed by atoms with van der Waals surface area (Å²) in [6, 6.07) is 0. The van der Waals surface area contributed by atoms with E-state index in [1.807, 2.05) is 45.2 Å². The van der Waals surface area contributed by atoms with Crippen molar-refractivity contribution in [3.05, 3.63) is 21.8 Å². The van der Waals surface area contributed by atoms with E-state index in [1.165, 1.54) is 0 Å². The fourth-order valence-electron chi connectivity index (χ4n) is 1.33. The predicted molar refractivity (Wildman–Crippen MR) is 97.5 cm³/mol. The van der Waals surface area contributed by atoms with Crippen molar-refractivity contribution >= 4 is 91.2 Å². The first kappa shape index (κ1) is 17.7. The van der Waals surface area contributed by atoms with Gasteiger partial charge in [0.25, 0.3) is 5.91 Å². The van der Waals surface area contributed by atoms with Gasteiger partial charge in [-0.2, -0.15) is 0 Å². The summed E-state index contributed by atoms with van der Waals surface area (Å²) < 4.78 is 1.07. The van der Waals surface area contributed by atoms with Crippen molar-refractivity contribution in [3.63, 3.8) is 0 Å². The SMILES string of the molecule is NC(=O)CNC(=O)c1c(I)c(N)c(I)c(C(=O)O)c1I. The highest BCUT2D eigenvalue weighted by atomic mass is 127. The average Bonchev–Trinajstić information content (AvgIpc) is 2.33. The highest BCUT2D eigenvalue weighted by Crippen LogP contribution is 2.33. The smallest absolute Gasteiger partial charge is 0.337 e. The molecular formula is C10H8I3N3O4. The number of carbonyl (C=O) groups excluding carboxylic acids is 2. The fraction of sp³-hybridized carbons (Fsp3) is 0.100. The van der Waals surface area contributed by atoms with Gasteiger partial charge in [-0.3, -0.25) is 9.59 Å². The third kappa shape index (κ3) is 3.63. The second-order valence-electron chi connectivity index (χ2n) is 3.56. The van der Waals surface area contributed by atoms with Crippen LogP contribution in [0.1, 0.15) is 20.7 Å². The van der Waals surface area contributed by atoms with Gasteiger partial charge < -0.3 is 21.9 Å². The summed E-state index contributed by atoms with van der Waals surface area (Å²) in [5.41, 5.74) is 11.1. The summed E-state index contributed by atoms with van der Waals surface area (Å²) >= 11 is 5.46. The van der Waals surface area contributed by atoms with E-state index in [-0.39, 0.29) is 26.9 Å². The molecule has 0 aliphatic heterocycles. The lowest BCUT2D eigenvalue weighted by atomic mass is 10.1. The Hall–Kier alpha value is -0.380. The molecule has 7 nitrogen and oxygen atoms in total. The van der Waals surface area contributed by atoms with E-state index < -0.39 is 17.8 Å². The number of nitrogen functional groups attached to an aromatic ring is 1. The number of benzene rings is 1. The quantitative estimate of drug-likeness (QED) is 0.297. The number of anilines is 1. The molecule has 2 amide bonds. The number of aromatic carboxylic acids is 1. The lowest BCUT2D eigenvalue weighted by Gasteiger charge is -2.14. The second-order valence-corrected chi connectivity index (χ2v) is 6.80. The molecule has 0 aliphatic carbocycles. The Labute approximate surface area is 154 Å². The molecule has 0 fully saturated rings. The molecule has 0 spiro atoms. The van der Waals surface area contributed by atoms with E-state index in [1.54, 1.807) is 22.6 Å². The number of carboxylic acid groups (broad SMARTS) is 1. The number of amides is 2. The summed E-state index contributed by atoms with van der Waals surface area (Å²) in [4.78, 5) is 34.0. The first-order valence-corrected chi connectivity index (χ1v) is 8.17. The second kappa shape index (κ2) is 7.06. The van der Waals surface area contributed by atoms with Crippen LogP contribution in [0.25, 0.3) is 0 Å². The normalized spacial score (nSPS) is 10.2. The Balaban J connectivity index is 3.43. The van der Waals surface area contributed by atoms with Crippen LogP contribution in [0.15, 0.2) is 0 Å². The Morgan fingerprint density at radius 3 is 2.00 bits per heavy atom. The van der Waals surface area contributed by atoms with Crippen LogP contribution in [-0.4, -0.2) is 29.4 Å². The van der Waals surface area contributed by atoms with Gasteiger partial charge in [0.2, 0.25) is 5.91 Å². The largest absolute Gasteiger partial charge is 0.478 e. The Bertz CT molecular complexity index is 619. The summed E-state index contributed by atoms with van der Waals surface area (Å²) in [5, 5.41) is 11.5. The molecule has 0 unspecified atom stereocenters. The van der Waals surface area contributed by atoms with Gasteiger partial charge in [-0.15, -0.1) is 0 Å². The maximum absolute atomic E-state index is 12.0. The van der Waals surface area contributed by atoms with E-state index in [9.17, 15) is 19.5 Å². The standard InChI is InChI=1S/C10H8I3N3O4/c11-5-3(9(18)16-1-2(14)17)6(12)8(15)7(13)4(5)10(19)20/h1,15H2,(H2,14,17)(H,16,18)(H,19,20). The highest BCUT2D eigenvalue weighted by molar-refractivity contribution is 14.1. The molecule has 0 atom stereocenters. The van der Waals surface area contributed by atoms with E-state index in [0.717, 1.165) is 0 Å². The lowest BCUT2D eigenvalue weighted by Crippen LogP contribution is -2.34. The average molecular weight is 615 g/mol. The molecule has 10 heteroatoms. The van der Waals surface area contributed by atoms with Gasteiger partial charge in [0.1, 0.15) is 0 Å². The number of carboxylic acids is 1. The molecule has 0 heterocycles. The first-order valence-electron chi connectivity index (χ1n) is 4.94. The van der Waals surface area contributed by atoms with Crippen LogP contribution >= 0.6 is 67.8 Å². The molecule has 1 aromatic carbocycles. The molecule has 108 valence electrons. The zero-order chi connectivity index (χ0) is 15.6. The number of nitrogens with one attached hydrogen (secondary N) is 1. The van der Waals surface area contributed by atoms with E-state index in [4.69, 9.17) is 11.5 Å². The van der Waals surface area contributed by atoms with Crippen LogP contribution in [-0.2, 0) is 4.79 Å². The third-order valence-corrected chi connectivity index (χ3v) is 5.53. The Morgan fingerprint density at radius 2 is 1.55 bits per heavy atom. The summed E-state index contributed by atoms with van der Waals surface area (Å²) in [6.45, 7) is -0.334.